The molecular weight excluding hydrogens is 264 g/mol. The van der Waals surface area contributed by atoms with Gasteiger partial charge in [-0.2, -0.15) is 0 Å². The fourth-order valence-corrected chi connectivity index (χ4v) is 2.23. The molecule has 1 amide bonds. The Kier molecular flexibility index (Phi) is 5.98. The first-order valence-corrected chi connectivity index (χ1v) is 8.03. The van der Waals surface area contributed by atoms with Crippen LogP contribution in [0.2, 0.25) is 0 Å². The Morgan fingerprint density at radius 2 is 1.95 bits per heavy atom. The summed E-state index contributed by atoms with van der Waals surface area (Å²) in [6, 6.07) is 7.49. The molecule has 0 unspecified atom stereocenters. The number of benzene rings is 1. The molecule has 1 rings (SSSR count). The first-order valence-electron chi connectivity index (χ1n) is 6.21. The zero-order valence-corrected chi connectivity index (χ0v) is 12.1. The van der Waals surface area contributed by atoms with Crippen molar-refractivity contribution in [1.29, 1.82) is 0 Å². The minimum atomic E-state index is -2.98. The molecule has 0 bridgehead atoms. The second-order valence-corrected chi connectivity index (χ2v) is 6.75. The van der Waals surface area contributed by atoms with Crippen molar-refractivity contribution in [2.45, 2.75) is 13.8 Å². The summed E-state index contributed by atoms with van der Waals surface area (Å²) in [5, 5.41) is 5.60. The second-order valence-electron chi connectivity index (χ2n) is 4.28. The number of rotatable bonds is 7. The third-order valence-electron chi connectivity index (χ3n) is 2.73. The molecule has 0 heterocycles. The maximum absolute atomic E-state index is 11.6. The SMILES string of the molecule is CCS(=O)(=O)CCNCC(=O)Nc1ccccc1C. The lowest BCUT2D eigenvalue weighted by molar-refractivity contribution is -0.115. The lowest BCUT2D eigenvalue weighted by atomic mass is 10.2. The van der Waals surface area contributed by atoms with Crippen molar-refractivity contribution < 1.29 is 13.2 Å². The van der Waals surface area contributed by atoms with Crippen LogP contribution in [0, 0.1) is 6.92 Å². The highest BCUT2D eigenvalue weighted by Gasteiger charge is 2.07. The Balaban J connectivity index is 2.31. The molecule has 0 radical (unpaired) electrons. The molecule has 0 saturated heterocycles. The van der Waals surface area contributed by atoms with E-state index < -0.39 is 9.84 Å². The zero-order valence-electron chi connectivity index (χ0n) is 11.3. The van der Waals surface area contributed by atoms with Crippen LogP contribution in [0.5, 0.6) is 0 Å². The van der Waals surface area contributed by atoms with Gasteiger partial charge in [-0.15, -0.1) is 0 Å². The van der Waals surface area contributed by atoms with E-state index in [4.69, 9.17) is 0 Å². The normalized spacial score (nSPS) is 11.3. The van der Waals surface area contributed by atoms with E-state index in [1.807, 2.05) is 31.2 Å². The van der Waals surface area contributed by atoms with Gasteiger partial charge in [0.1, 0.15) is 0 Å². The lowest BCUT2D eigenvalue weighted by Gasteiger charge is -2.08. The molecule has 1 aromatic rings. The molecule has 1 aromatic carbocycles. The maximum atomic E-state index is 11.6. The van der Waals surface area contributed by atoms with Crippen LogP contribution in [0.3, 0.4) is 0 Å². The fraction of sp³-hybridized carbons (Fsp3) is 0.462. The third-order valence-corrected chi connectivity index (χ3v) is 4.44. The average molecular weight is 284 g/mol. The van der Waals surface area contributed by atoms with Crippen LogP contribution in [0.15, 0.2) is 24.3 Å². The maximum Gasteiger partial charge on any atom is 0.238 e. The van der Waals surface area contributed by atoms with E-state index in [2.05, 4.69) is 10.6 Å². The van der Waals surface area contributed by atoms with Crippen LogP contribution in [-0.4, -0.2) is 38.9 Å². The Hall–Kier alpha value is -1.40. The van der Waals surface area contributed by atoms with Crippen molar-refractivity contribution >= 4 is 21.4 Å². The Morgan fingerprint density at radius 1 is 1.26 bits per heavy atom. The summed E-state index contributed by atoms with van der Waals surface area (Å²) in [6.07, 6.45) is 0. The highest BCUT2D eigenvalue weighted by Crippen LogP contribution is 2.12. The molecule has 19 heavy (non-hydrogen) atoms. The van der Waals surface area contributed by atoms with Crippen LogP contribution in [-0.2, 0) is 14.6 Å². The van der Waals surface area contributed by atoms with E-state index >= 15 is 0 Å². The van der Waals surface area contributed by atoms with E-state index in [-0.39, 0.29) is 30.5 Å². The summed E-state index contributed by atoms with van der Waals surface area (Å²) in [5.74, 6) is 0.00815. The number of para-hydroxylation sites is 1. The highest BCUT2D eigenvalue weighted by atomic mass is 32.2. The van der Waals surface area contributed by atoms with Crippen molar-refractivity contribution in [2.24, 2.45) is 0 Å². The number of amides is 1. The van der Waals surface area contributed by atoms with Gasteiger partial charge in [0.25, 0.3) is 0 Å². The van der Waals surface area contributed by atoms with Crippen LogP contribution in [0.25, 0.3) is 0 Å². The van der Waals surface area contributed by atoms with E-state index in [0.29, 0.717) is 0 Å². The van der Waals surface area contributed by atoms with Crippen molar-refractivity contribution in [2.75, 3.05) is 29.9 Å². The first kappa shape index (κ1) is 15.7. The zero-order chi connectivity index (χ0) is 14.3. The number of nitrogens with one attached hydrogen (secondary N) is 2. The number of sulfone groups is 1. The fourth-order valence-electron chi connectivity index (χ4n) is 1.48. The van der Waals surface area contributed by atoms with E-state index in [1.165, 1.54) is 0 Å². The number of hydrogen-bond acceptors (Lipinski definition) is 4. The summed E-state index contributed by atoms with van der Waals surface area (Å²) in [6.45, 7) is 3.92. The number of carbonyl (C=O) groups excluding carboxylic acids is 1. The molecule has 0 aliphatic heterocycles. The van der Waals surface area contributed by atoms with Crippen molar-refractivity contribution in [1.82, 2.24) is 5.32 Å². The monoisotopic (exact) mass is 284 g/mol. The molecule has 0 fully saturated rings. The van der Waals surface area contributed by atoms with Gasteiger partial charge < -0.3 is 10.6 Å². The molecule has 0 spiro atoms. The molecular formula is C13H20N2O3S. The smallest absolute Gasteiger partial charge is 0.238 e. The van der Waals surface area contributed by atoms with Crippen molar-refractivity contribution in [3.05, 3.63) is 29.8 Å². The van der Waals surface area contributed by atoms with Gasteiger partial charge in [-0.3, -0.25) is 4.79 Å². The molecule has 2 N–H and O–H groups in total. The minimum Gasteiger partial charge on any atom is -0.325 e. The molecule has 0 aliphatic carbocycles. The lowest BCUT2D eigenvalue weighted by Crippen LogP contribution is -2.32. The van der Waals surface area contributed by atoms with Gasteiger partial charge in [-0.1, -0.05) is 25.1 Å². The Morgan fingerprint density at radius 3 is 2.58 bits per heavy atom. The van der Waals surface area contributed by atoms with Crippen LogP contribution >= 0.6 is 0 Å². The largest absolute Gasteiger partial charge is 0.325 e. The molecule has 0 saturated carbocycles. The van der Waals surface area contributed by atoms with E-state index in [0.717, 1.165) is 11.3 Å². The number of aryl methyl sites for hydroxylation is 1. The molecule has 106 valence electrons. The standard InChI is InChI=1S/C13H20N2O3S/c1-3-19(17,18)9-8-14-10-13(16)15-12-7-5-4-6-11(12)2/h4-7,14H,3,8-10H2,1-2H3,(H,15,16). The molecule has 5 nitrogen and oxygen atoms in total. The third kappa shape index (κ3) is 5.85. The molecule has 0 atom stereocenters. The quantitative estimate of drug-likeness (QED) is 0.731. The van der Waals surface area contributed by atoms with Gasteiger partial charge in [0.15, 0.2) is 9.84 Å². The van der Waals surface area contributed by atoms with Crippen molar-refractivity contribution in [3.8, 4) is 0 Å². The van der Waals surface area contributed by atoms with Crippen molar-refractivity contribution in [3.63, 3.8) is 0 Å². The van der Waals surface area contributed by atoms with Gasteiger partial charge in [0.2, 0.25) is 5.91 Å². The van der Waals surface area contributed by atoms with Gasteiger partial charge in [0, 0.05) is 18.0 Å². The summed E-state index contributed by atoms with van der Waals surface area (Å²) < 4.78 is 22.5. The van der Waals surface area contributed by atoms with Crippen LogP contribution < -0.4 is 10.6 Å². The average Bonchev–Trinajstić information content (AvgIpc) is 2.38. The van der Waals surface area contributed by atoms with Gasteiger partial charge in [-0.25, -0.2) is 8.42 Å². The Labute approximate surface area is 114 Å². The summed E-state index contributed by atoms with van der Waals surface area (Å²) >= 11 is 0. The van der Waals surface area contributed by atoms with Crippen LogP contribution in [0.4, 0.5) is 5.69 Å². The number of hydrogen-bond donors (Lipinski definition) is 2. The van der Waals surface area contributed by atoms with Gasteiger partial charge >= 0.3 is 0 Å². The minimum absolute atomic E-state index is 0.0567. The summed E-state index contributed by atoms with van der Waals surface area (Å²) in [7, 11) is -2.98. The topological polar surface area (TPSA) is 75.3 Å². The van der Waals surface area contributed by atoms with Gasteiger partial charge in [-0.05, 0) is 18.6 Å². The van der Waals surface area contributed by atoms with Gasteiger partial charge in [0.05, 0.1) is 12.3 Å². The predicted molar refractivity (Wildman–Crippen MR) is 77.0 cm³/mol. The highest BCUT2D eigenvalue weighted by molar-refractivity contribution is 7.91. The predicted octanol–water partition coefficient (Wildman–Crippen LogP) is 0.958. The summed E-state index contributed by atoms with van der Waals surface area (Å²) in [5.41, 5.74) is 1.76. The first-order chi connectivity index (χ1) is 8.94. The number of carbonyl (C=O) groups is 1. The van der Waals surface area contributed by atoms with Crippen LogP contribution in [0.1, 0.15) is 12.5 Å². The second kappa shape index (κ2) is 7.25. The molecule has 0 aliphatic rings. The number of anilines is 1. The summed E-state index contributed by atoms with van der Waals surface area (Å²) in [4.78, 5) is 11.6. The van der Waals surface area contributed by atoms with E-state index in [9.17, 15) is 13.2 Å². The molecule has 6 heteroatoms. The van der Waals surface area contributed by atoms with E-state index in [1.54, 1.807) is 6.92 Å². The Bertz CT molecular complexity index is 526. The molecule has 0 aromatic heterocycles.